The molecule has 0 saturated carbocycles. The van der Waals surface area contributed by atoms with Gasteiger partial charge in [-0.1, -0.05) is 36.4 Å². The molecular formula is C23H20N4O3S. The summed E-state index contributed by atoms with van der Waals surface area (Å²) in [6.45, 7) is 3.21. The van der Waals surface area contributed by atoms with E-state index in [9.17, 15) is 14.4 Å². The number of fused-ring (bicyclic) bond motifs is 1. The standard InChI is InChI=1S/C23H20N4O3S/c1-14-20(16-7-4-3-5-8-16)21-22(31-14)24-13-27(23(21)30)12-19(29)26-18-10-6-9-17(11-18)25-15(2)28/h3-11,13H,12H2,1-2H3,(H,25,28)(H,26,29). The van der Waals surface area contributed by atoms with Crippen molar-refractivity contribution in [3.63, 3.8) is 0 Å². The second-order valence-electron chi connectivity index (χ2n) is 7.07. The van der Waals surface area contributed by atoms with E-state index < -0.39 is 0 Å². The van der Waals surface area contributed by atoms with E-state index in [1.807, 2.05) is 37.3 Å². The molecule has 0 radical (unpaired) electrons. The van der Waals surface area contributed by atoms with Crippen LogP contribution >= 0.6 is 11.3 Å². The summed E-state index contributed by atoms with van der Waals surface area (Å²) in [6.07, 6.45) is 1.41. The lowest BCUT2D eigenvalue weighted by Gasteiger charge is -2.09. The molecular weight excluding hydrogens is 412 g/mol. The number of benzene rings is 2. The lowest BCUT2D eigenvalue weighted by molar-refractivity contribution is -0.117. The van der Waals surface area contributed by atoms with E-state index in [2.05, 4.69) is 15.6 Å². The summed E-state index contributed by atoms with van der Waals surface area (Å²) in [5.74, 6) is -0.564. The van der Waals surface area contributed by atoms with Crippen molar-refractivity contribution in [2.75, 3.05) is 10.6 Å². The van der Waals surface area contributed by atoms with Gasteiger partial charge in [0.1, 0.15) is 11.4 Å². The first kappa shape index (κ1) is 20.5. The summed E-state index contributed by atoms with van der Waals surface area (Å²) in [5, 5.41) is 5.95. The summed E-state index contributed by atoms with van der Waals surface area (Å²) in [5.41, 5.74) is 2.65. The molecule has 0 aliphatic rings. The first-order chi connectivity index (χ1) is 14.9. The van der Waals surface area contributed by atoms with Gasteiger partial charge < -0.3 is 10.6 Å². The van der Waals surface area contributed by atoms with E-state index in [0.717, 1.165) is 16.0 Å². The second-order valence-corrected chi connectivity index (χ2v) is 8.27. The molecule has 0 unspecified atom stereocenters. The highest BCUT2D eigenvalue weighted by molar-refractivity contribution is 7.19. The average molecular weight is 433 g/mol. The zero-order valence-corrected chi connectivity index (χ0v) is 17.8. The summed E-state index contributed by atoms with van der Waals surface area (Å²) in [7, 11) is 0. The van der Waals surface area contributed by atoms with Crippen LogP contribution < -0.4 is 16.2 Å². The van der Waals surface area contributed by atoms with E-state index in [1.54, 1.807) is 24.3 Å². The van der Waals surface area contributed by atoms with E-state index >= 15 is 0 Å². The third-order valence-corrected chi connectivity index (χ3v) is 5.71. The molecule has 2 aromatic carbocycles. The van der Waals surface area contributed by atoms with Crippen molar-refractivity contribution in [1.29, 1.82) is 0 Å². The molecule has 156 valence electrons. The van der Waals surface area contributed by atoms with Crippen LogP contribution in [0.15, 0.2) is 65.7 Å². The largest absolute Gasteiger partial charge is 0.326 e. The molecule has 4 rings (SSSR count). The fourth-order valence-electron chi connectivity index (χ4n) is 3.44. The molecule has 0 aliphatic heterocycles. The highest BCUT2D eigenvalue weighted by Crippen LogP contribution is 2.35. The fraction of sp³-hybridized carbons (Fsp3) is 0.130. The molecule has 0 fully saturated rings. The Kier molecular flexibility index (Phi) is 5.64. The maximum atomic E-state index is 13.2. The van der Waals surface area contributed by atoms with Crippen LogP contribution in [0.4, 0.5) is 11.4 Å². The Balaban J connectivity index is 1.62. The van der Waals surface area contributed by atoms with Crippen molar-refractivity contribution >= 4 is 44.7 Å². The Morgan fingerprint density at radius 1 is 1.03 bits per heavy atom. The number of aromatic nitrogens is 2. The molecule has 4 aromatic rings. The molecule has 7 nitrogen and oxygen atoms in total. The van der Waals surface area contributed by atoms with Crippen LogP contribution in [0, 0.1) is 6.92 Å². The second kappa shape index (κ2) is 8.53. The maximum Gasteiger partial charge on any atom is 0.263 e. The van der Waals surface area contributed by atoms with Gasteiger partial charge in [-0.2, -0.15) is 0 Å². The van der Waals surface area contributed by atoms with Gasteiger partial charge in [0.25, 0.3) is 5.56 Å². The molecule has 8 heteroatoms. The number of carbonyl (C=O) groups is 2. The number of rotatable bonds is 5. The van der Waals surface area contributed by atoms with Gasteiger partial charge in [-0.25, -0.2) is 4.98 Å². The first-order valence-electron chi connectivity index (χ1n) is 9.64. The normalized spacial score (nSPS) is 10.8. The van der Waals surface area contributed by atoms with Crippen molar-refractivity contribution in [3.8, 4) is 11.1 Å². The fourth-order valence-corrected chi connectivity index (χ4v) is 4.44. The van der Waals surface area contributed by atoms with Crippen LogP contribution in [0.2, 0.25) is 0 Å². The first-order valence-corrected chi connectivity index (χ1v) is 10.5. The van der Waals surface area contributed by atoms with E-state index in [-0.39, 0.29) is 23.9 Å². The van der Waals surface area contributed by atoms with Crippen LogP contribution in [-0.4, -0.2) is 21.4 Å². The minimum atomic E-state index is -0.364. The number of nitrogens with one attached hydrogen (secondary N) is 2. The maximum absolute atomic E-state index is 13.2. The predicted octanol–water partition coefficient (Wildman–Crippen LogP) is 4.03. The predicted molar refractivity (Wildman–Crippen MR) is 123 cm³/mol. The van der Waals surface area contributed by atoms with Crippen molar-refractivity contribution in [2.45, 2.75) is 20.4 Å². The van der Waals surface area contributed by atoms with E-state index in [4.69, 9.17) is 0 Å². The molecule has 31 heavy (non-hydrogen) atoms. The molecule has 0 saturated heterocycles. The summed E-state index contributed by atoms with van der Waals surface area (Å²) in [6, 6.07) is 16.5. The van der Waals surface area contributed by atoms with E-state index in [0.29, 0.717) is 21.6 Å². The quantitative estimate of drug-likeness (QED) is 0.498. The summed E-state index contributed by atoms with van der Waals surface area (Å²) >= 11 is 1.46. The number of hydrogen-bond donors (Lipinski definition) is 2. The number of anilines is 2. The van der Waals surface area contributed by atoms with Crippen LogP contribution in [-0.2, 0) is 16.1 Å². The van der Waals surface area contributed by atoms with Crippen molar-refractivity contribution < 1.29 is 9.59 Å². The number of thiophene rings is 1. The zero-order valence-electron chi connectivity index (χ0n) is 17.0. The Morgan fingerprint density at radius 3 is 2.45 bits per heavy atom. The number of amides is 2. The highest BCUT2D eigenvalue weighted by Gasteiger charge is 2.17. The monoisotopic (exact) mass is 432 g/mol. The number of aryl methyl sites for hydroxylation is 1. The van der Waals surface area contributed by atoms with Crippen LogP contribution in [0.1, 0.15) is 11.8 Å². The minimum absolute atomic E-state index is 0.171. The lowest BCUT2D eigenvalue weighted by Crippen LogP contribution is -2.27. The topological polar surface area (TPSA) is 93.1 Å². The molecule has 2 N–H and O–H groups in total. The van der Waals surface area contributed by atoms with Crippen LogP contribution in [0.25, 0.3) is 21.3 Å². The van der Waals surface area contributed by atoms with Crippen LogP contribution in [0.3, 0.4) is 0 Å². The zero-order chi connectivity index (χ0) is 22.0. The minimum Gasteiger partial charge on any atom is -0.326 e. The van der Waals surface area contributed by atoms with E-state index in [1.165, 1.54) is 29.2 Å². The number of carbonyl (C=O) groups excluding carboxylic acids is 2. The van der Waals surface area contributed by atoms with Crippen LogP contribution in [0.5, 0.6) is 0 Å². The summed E-state index contributed by atoms with van der Waals surface area (Å²) in [4.78, 5) is 43.1. The van der Waals surface area contributed by atoms with Gasteiger partial charge >= 0.3 is 0 Å². The average Bonchev–Trinajstić information content (AvgIpc) is 3.07. The molecule has 2 amide bonds. The molecule has 2 heterocycles. The molecule has 0 aliphatic carbocycles. The summed E-state index contributed by atoms with van der Waals surface area (Å²) < 4.78 is 1.31. The van der Waals surface area contributed by atoms with Gasteiger partial charge in [-0.3, -0.25) is 19.0 Å². The number of hydrogen-bond acceptors (Lipinski definition) is 5. The smallest absolute Gasteiger partial charge is 0.263 e. The molecule has 0 spiro atoms. The van der Waals surface area contributed by atoms with Crippen molar-refractivity contribution in [2.24, 2.45) is 0 Å². The Morgan fingerprint density at radius 2 is 1.74 bits per heavy atom. The third kappa shape index (κ3) is 4.39. The van der Waals surface area contributed by atoms with Crippen molar-refractivity contribution in [1.82, 2.24) is 9.55 Å². The Labute approximate surface area is 182 Å². The Bertz CT molecular complexity index is 1340. The molecule has 2 aromatic heterocycles. The molecule has 0 bridgehead atoms. The SMILES string of the molecule is CC(=O)Nc1cccc(NC(=O)Cn2cnc3sc(C)c(-c4ccccc4)c3c2=O)c1. The molecule has 0 atom stereocenters. The van der Waals surface area contributed by atoms with Gasteiger partial charge in [-0.05, 0) is 30.7 Å². The van der Waals surface area contributed by atoms with Crippen molar-refractivity contribution in [3.05, 3.63) is 76.2 Å². The Hall–Kier alpha value is -3.78. The highest BCUT2D eigenvalue weighted by atomic mass is 32.1. The van der Waals surface area contributed by atoms with Gasteiger partial charge in [-0.15, -0.1) is 11.3 Å². The third-order valence-electron chi connectivity index (χ3n) is 4.70. The van der Waals surface area contributed by atoms with Gasteiger partial charge in [0, 0.05) is 28.7 Å². The van der Waals surface area contributed by atoms with Gasteiger partial charge in [0.2, 0.25) is 11.8 Å². The van der Waals surface area contributed by atoms with Gasteiger partial charge in [0.15, 0.2) is 0 Å². The lowest BCUT2D eigenvalue weighted by atomic mass is 10.0. The van der Waals surface area contributed by atoms with Gasteiger partial charge in [0.05, 0.1) is 11.7 Å². The number of nitrogens with zero attached hydrogens (tertiary/aromatic N) is 2.